The van der Waals surface area contributed by atoms with Crippen LogP contribution in [0, 0.1) is 22.7 Å². The molecule has 0 radical (unpaired) electrons. The number of nitrogens with zero attached hydrogens (tertiary/aromatic N) is 1. The van der Waals surface area contributed by atoms with E-state index in [2.05, 4.69) is 5.32 Å². The highest BCUT2D eigenvalue weighted by Gasteiger charge is 2.70. The first kappa shape index (κ1) is 19.7. The van der Waals surface area contributed by atoms with Crippen molar-refractivity contribution in [2.24, 2.45) is 22.7 Å². The molecular weight excluding hydrogens is 324 g/mol. The van der Waals surface area contributed by atoms with Crippen LogP contribution < -0.4 is 5.32 Å². The van der Waals surface area contributed by atoms with E-state index in [1.54, 1.807) is 6.92 Å². The Labute approximate surface area is 149 Å². The van der Waals surface area contributed by atoms with Crippen molar-refractivity contribution in [3.05, 3.63) is 0 Å². The van der Waals surface area contributed by atoms with Gasteiger partial charge in [-0.15, -0.1) is 0 Å². The number of carboxylic acid groups (broad SMARTS) is 1. The molecule has 1 aliphatic carbocycles. The van der Waals surface area contributed by atoms with E-state index in [0.717, 1.165) is 0 Å². The number of fused-ring (bicyclic) bond motifs is 1. The third-order valence-electron chi connectivity index (χ3n) is 5.87. The molecule has 7 nitrogen and oxygen atoms in total. The summed E-state index contributed by atoms with van der Waals surface area (Å²) in [5.74, 6) is -1.52. The Morgan fingerprint density at radius 2 is 1.84 bits per heavy atom. The summed E-state index contributed by atoms with van der Waals surface area (Å²) in [7, 11) is 1.43. The number of hydrogen-bond acceptors (Lipinski definition) is 4. The number of ether oxygens (including phenoxy) is 1. The Balaban J connectivity index is 2.23. The van der Waals surface area contributed by atoms with Gasteiger partial charge in [-0.05, 0) is 23.7 Å². The number of amides is 2. The lowest BCUT2D eigenvalue weighted by Gasteiger charge is -2.37. The molecule has 1 saturated heterocycles. The molecule has 2 aliphatic rings. The summed E-state index contributed by atoms with van der Waals surface area (Å²) in [5.41, 5.74) is -0.601. The third-order valence-corrected chi connectivity index (χ3v) is 5.87. The first-order chi connectivity index (χ1) is 11.3. The van der Waals surface area contributed by atoms with Gasteiger partial charge in [0.15, 0.2) is 0 Å². The highest BCUT2D eigenvalue weighted by Crippen LogP contribution is 2.64. The zero-order valence-electron chi connectivity index (χ0n) is 16.1. The molecule has 0 aromatic heterocycles. The van der Waals surface area contributed by atoms with Crippen LogP contribution in [0.3, 0.4) is 0 Å². The van der Waals surface area contributed by atoms with Gasteiger partial charge in [-0.2, -0.15) is 0 Å². The number of rotatable bonds is 5. The Morgan fingerprint density at radius 1 is 1.28 bits per heavy atom. The molecule has 142 valence electrons. The number of methoxy groups -OCH3 is 1. The van der Waals surface area contributed by atoms with Crippen molar-refractivity contribution in [1.29, 1.82) is 0 Å². The second kappa shape index (κ2) is 6.27. The molecule has 2 amide bonds. The second-order valence-electron chi connectivity index (χ2n) is 8.91. The van der Waals surface area contributed by atoms with Gasteiger partial charge < -0.3 is 20.1 Å². The summed E-state index contributed by atoms with van der Waals surface area (Å²) >= 11 is 0. The van der Waals surface area contributed by atoms with Crippen molar-refractivity contribution in [3.63, 3.8) is 0 Å². The van der Waals surface area contributed by atoms with Crippen LogP contribution in [0.25, 0.3) is 0 Å². The summed E-state index contributed by atoms with van der Waals surface area (Å²) < 4.78 is 5.01. The Morgan fingerprint density at radius 3 is 2.28 bits per heavy atom. The summed E-state index contributed by atoms with van der Waals surface area (Å²) in [6.07, 6.45) is -0.682. The van der Waals surface area contributed by atoms with Gasteiger partial charge in [-0.1, -0.05) is 34.6 Å². The van der Waals surface area contributed by atoms with Crippen LogP contribution in [-0.4, -0.2) is 59.6 Å². The van der Waals surface area contributed by atoms with Crippen LogP contribution in [0.1, 0.15) is 41.5 Å². The van der Waals surface area contributed by atoms with Crippen molar-refractivity contribution in [3.8, 4) is 0 Å². The molecule has 1 heterocycles. The Kier molecular flexibility index (Phi) is 4.94. The quantitative estimate of drug-likeness (QED) is 0.771. The number of likely N-dealkylation sites (tertiary alicyclic amines) is 1. The summed E-state index contributed by atoms with van der Waals surface area (Å²) in [6, 6.07) is -1.63. The normalized spacial score (nSPS) is 29.6. The van der Waals surface area contributed by atoms with E-state index in [1.165, 1.54) is 12.0 Å². The fraction of sp³-hybridized carbons (Fsp3) is 0.833. The van der Waals surface area contributed by atoms with Crippen LogP contribution in [0.5, 0.6) is 0 Å². The first-order valence-corrected chi connectivity index (χ1v) is 8.70. The van der Waals surface area contributed by atoms with E-state index in [0.29, 0.717) is 6.54 Å². The van der Waals surface area contributed by atoms with Gasteiger partial charge in [0.05, 0.1) is 0 Å². The highest BCUT2D eigenvalue weighted by atomic mass is 16.5. The van der Waals surface area contributed by atoms with Crippen LogP contribution in [-0.2, 0) is 19.1 Å². The van der Waals surface area contributed by atoms with Gasteiger partial charge >= 0.3 is 5.97 Å². The predicted molar refractivity (Wildman–Crippen MR) is 91.8 cm³/mol. The van der Waals surface area contributed by atoms with Crippen molar-refractivity contribution < 1.29 is 24.2 Å². The van der Waals surface area contributed by atoms with Crippen LogP contribution in [0.4, 0.5) is 0 Å². The molecule has 0 aromatic carbocycles. The van der Waals surface area contributed by atoms with E-state index in [9.17, 15) is 19.5 Å². The minimum absolute atomic E-state index is 0.0248. The average molecular weight is 354 g/mol. The Hall–Kier alpha value is -1.63. The van der Waals surface area contributed by atoms with E-state index in [4.69, 9.17) is 4.74 Å². The molecule has 2 N–H and O–H groups in total. The van der Waals surface area contributed by atoms with Crippen LogP contribution in [0.2, 0.25) is 0 Å². The molecule has 1 aliphatic heterocycles. The summed E-state index contributed by atoms with van der Waals surface area (Å²) in [4.78, 5) is 38.6. The average Bonchev–Trinajstić information content (AvgIpc) is 2.88. The number of carbonyl (C=O) groups excluding carboxylic acids is 2. The molecule has 2 rings (SSSR count). The maximum Gasteiger partial charge on any atom is 0.326 e. The summed E-state index contributed by atoms with van der Waals surface area (Å²) in [6.45, 7) is 11.7. The molecular formula is C18H30N2O5. The minimum atomic E-state index is -0.976. The van der Waals surface area contributed by atoms with Gasteiger partial charge in [0.25, 0.3) is 0 Å². The second-order valence-corrected chi connectivity index (χ2v) is 8.91. The van der Waals surface area contributed by atoms with E-state index in [-0.39, 0.29) is 29.1 Å². The lowest BCUT2D eigenvalue weighted by Crippen LogP contribution is -2.59. The van der Waals surface area contributed by atoms with E-state index < -0.39 is 29.6 Å². The third kappa shape index (κ3) is 3.38. The number of aliphatic carboxylic acids is 1. The lowest BCUT2D eigenvalue weighted by molar-refractivity contribution is -0.153. The highest BCUT2D eigenvalue weighted by molar-refractivity contribution is 5.93. The van der Waals surface area contributed by atoms with Crippen LogP contribution >= 0.6 is 0 Å². The molecule has 1 saturated carbocycles. The molecule has 0 spiro atoms. The van der Waals surface area contributed by atoms with Crippen LogP contribution in [0.15, 0.2) is 0 Å². The van der Waals surface area contributed by atoms with Gasteiger partial charge in [-0.25, -0.2) is 4.79 Å². The molecule has 0 bridgehead atoms. The number of nitrogens with one attached hydrogen (secondary N) is 1. The predicted octanol–water partition coefficient (Wildman–Crippen LogP) is 1.12. The molecule has 25 heavy (non-hydrogen) atoms. The maximum absolute atomic E-state index is 13.1. The molecule has 0 aromatic rings. The van der Waals surface area contributed by atoms with Gasteiger partial charge in [0.2, 0.25) is 11.8 Å². The zero-order chi connectivity index (χ0) is 19.3. The number of carbonyl (C=O) groups is 3. The minimum Gasteiger partial charge on any atom is -0.480 e. The first-order valence-electron chi connectivity index (χ1n) is 8.70. The monoisotopic (exact) mass is 354 g/mol. The number of carboxylic acids is 1. The van der Waals surface area contributed by atoms with E-state index >= 15 is 0 Å². The zero-order valence-corrected chi connectivity index (χ0v) is 16.1. The fourth-order valence-electron chi connectivity index (χ4n) is 3.98. The maximum atomic E-state index is 13.1. The standard InChI is InChI=1S/C18H30N2O5/c1-9(25-7)14(21)19-13(17(2,3)4)15(22)20-8-10-11(18(10,5)6)12(20)16(23)24/h9-13H,8H2,1-7H3,(H,19,21)(H,23,24)/t9-,10-,11-,12-,13+/m0/s1. The van der Waals surface area contributed by atoms with Gasteiger partial charge in [0, 0.05) is 19.6 Å². The van der Waals surface area contributed by atoms with Gasteiger partial charge in [-0.3, -0.25) is 9.59 Å². The van der Waals surface area contributed by atoms with Gasteiger partial charge in [0.1, 0.15) is 18.2 Å². The van der Waals surface area contributed by atoms with E-state index in [1.807, 2.05) is 34.6 Å². The smallest absolute Gasteiger partial charge is 0.326 e. The summed E-state index contributed by atoms with van der Waals surface area (Å²) in [5, 5.41) is 12.4. The van der Waals surface area contributed by atoms with Crippen molar-refractivity contribution in [1.82, 2.24) is 10.2 Å². The number of hydrogen-bond donors (Lipinski definition) is 2. The lowest BCUT2D eigenvalue weighted by atomic mass is 9.85. The number of piperidine rings is 1. The molecule has 7 heteroatoms. The van der Waals surface area contributed by atoms with Crippen molar-refractivity contribution in [2.75, 3.05) is 13.7 Å². The molecule has 0 unspecified atom stereocenters. The van der Waals surface area contributed by atoms with Crippen molar-refractivity contribution in [2.45, 2.75) is 59.7 Å². The topological polar surface area (TPSA) is 95.9 Å². The SMILES string of the molecule is CO[C@@H](C)C(=O)N[C@H](C(=O)N1C[C@H]2[C@@H]([C@H]1C(=O)O)C2(C)C)C(C)(C)C. The molecule has 2 fully saturated rings. The van der Waals surface area contributed by atoms with Crippen molar-refractivity contribution >= 4 is 17.8 Å². The largest absolute Gasteiger partial charge is 0.480 e. The Bertz CT molecular complexity index is 581. The molecule has 5 atom stereocenters. The fourth-order valence-corrected chi connectivity index (χ4v) is 3.98.